The molecular formula is C11H9N3OS. The minimum atomic E-state index is -1.16. The fourth-order valence-electron chi connectivity index (χ4n) is 1.73. The van der Waals surface area contributed by atoms with E-state index in [0.29, 0.717) is 5.16 Å². The molecule has 3 rings (SSSR count). The fourth-order valence-corrected chi connectivity index (χ4v) is 2.13. The van der Waals surface area contributed by atoms with Gasteiger partial charge in [-0.15, -0.1) is 0 Å². The van der Waals surface area contributed by atoms with Gasteiger partial charge in [-0.3, -0.25) is 0 Å². The Bertz CT molecular complexity index is 662. The van der Waals surface area contributed by atoms with Gasteiger partial charge in [-0.2, -0.15) is 4.98 Å². The second kappa shape index (κ2) is 3.47. The van der Waals surface area contributed by atoms with Gasteiger partial charge in [0.2, 0.25) is 0 Å². The van der Waals surface area contributed by atoms with Crippen molar-refractivity contribution in [3.8, 4) is 0 Å². The molecule has 3 aromatic rings. The average Bonchev–Trinajstić information content (AvgIpc) is 2.66. The van der Waals surface area contributed by atoms with Crippen LogP contribution in [0.15, 0.2) is 41.7 Å². The van der Waals surface area contributed by atoms with Gasteiger partial charge in [-0.1, -0.05) is 23.3 Å². The van der Waals surface area contributed by atoms with Crippen molar-refractivity contribution in [1.29, 1.82) is 0 Å². The van der Waals surface area contributed by atoms with Crippen LogP contribution in [0.1, 0.15) is 0 Å². The SMILES string of the molecule is C[S+]([O-])c1ncc2cc3ccccc3n2n1. The third-order valence-electron chi connectivity index (χ3n) is 2.46. The molecule has 1 atom stereocenters. The normalized spacial score (nSPS) is 13.4. The van der Waals surface area contributed by atoms with E-state index in [9.17, 15) is 4.55 Å². The Morgan fingerprint density at radius 1 is 1.31 bits per heavy atom. The molecule has 0 amide bonds. The van der Waals surface area contributed by atoms with E-state index >= 15 is 0 Å². The van der Waals surface area contributed by atoms with Gasteiger partial charge in [0.25, 0.3) is 0 Å². The topological polar surface area (TPSA) is 53.2 Å². The maximum absolute atomic E-state index is 11.3. The molecule has 0 spiro atoms. The molecule has 0 aliphatic heterocycles. The molecule has 0 aliphatic rings. The van der Waals surface area contributed by atoms with Crippen molar-refractivity contribution >= 4 is 27.6 Å². The first-order chi connectivity index (χ1) is 7.75. The molecule has 2 aromatic heterocycles. The van der Waals surface area contributed by atoms with Crippen molar-refractivity contribution in [1.82, 2.24) is 14.6 Å². The summed E-state index contributed by atoms with van der Waals surface area (Å²) in [7, 11) is 0. The predicted octanol–water partition coefficient (Wildman–Crippen LogP) is 1.62. The number of para-hydroxylation sites is 1. The molecule has 16 heavy (non-hydrogen) atoms. The van der Waals surface area contributed by atoms with Crippen LogP contribution in [0, 0.1) is 0 Å². The summed E-state index contributed by atoms with van der Waals surface area (Å²) in [6.07, 6.45) is 3.27. The molecule has 0 radical (unpaired) electrons. The minimum absolute atomic E-state index is 0.355. The van der Waals surface area contributed by atoms with E-state index in [4.69, 9.17) is 0 Å². The second-order valence-corrected chi connectivity index (χ2v) is 4.81. The van der Waals surface area contributed by atoms with E-state index in [1.807, 2.05) is 30.3 Å². The molecule has 1 unspecified atom stereocenters. The van der Waals surface area contributed by atoms with Crippen molar-refractivity contribution < 1.29 is 4.55 Å². The minimum Gasteiger partial charge on any atom is -0.609 e. The zero-order valence-electron chi connectivity index (χ0n) is 8.62. The van der Waals surface area contributed by atoms with Crippen LogP contribution in [0.2, 0.25) is 0 Å². The van der Waals surface area contributed by atoms with E-state index in [1.54, 1.807) is 17.0 Å². The summed E-state index contributed by atoms with van der Waals surface area (Å²) >= 11 is -1.16. The van der Waals surface area contributed by atoms with E-state index in [1.165, 1.54) is 0 Å². The highest BCUT2D eigenvalue weighted by Crippen LogP contribution is 2.18. The third kappa shape index (κ3) is 1.36. The van der Waals surface area contributed by atoms with Crippen molar-refractivity contribution in [2.75, 3.05) is 6.26 Å². The van der Waals surface area contributed by atoms with Gasteiger partial charge in [-0.05, 0) is 12.1 Å². The van der Waals surface area contributed by atoms with Gasteiger partial charge in [0, 0.05) is 16.6 Å². The van der Waals surface area contributed by atoms with Gasteiger partial charge in [0.15, 0.2) is 0 Å². The summed E-state index contributed by atoms with van der Waals surface area (Å²) in [6, 6.07) is 9.95. The number of nitrogens with zero attached hydrogens (tertiary/aromatic N) is 3. The largest absolute Gasteiger partial charge is 0.609 e. The lowest BCUT2D eigenvalue weighted by Crippen LogP contribution is -2.07. The van der Waals surface area contributed by atoms with Crippen LogP contribution in [0.3, 0.4) is 0 Å². The van der Waals surface area contributed by atoms with Crippen molar-refractivity contribution in [3.63, 3.8) is 0 Å². The molecule has 0 aliphatic carbocycles. The number of benzene rings is 1. The van der Waals surface area contributed by atoms with Crippen LogP contribution in [-0.4, -0.2) is 25.4 Å². The van der Waals surface area contributed by atoms with Crippen LogP contribution in [0.25, 0.3) is 16.4 Å². The van der Waals surface area contributed by atoms with Crippen molar-refractivity contribution in [2.24, 2.45) is 0 Å². The van der Waals surface area contributed by atoms with Crippen molar-refractivity contribution in [2.45, 2.75) is 5.16 Å². The van der Waals surface area contributed by atoms with E-state index in [2.05, 4.69) is 10.1 Å². The Morgan fingerprint density at radius 2 is 2.12 bits per heavy atom. The van der Waals surface area contributed by atoms with Crippen LogP contribution < -0.4 is 0 Å². The molecule has 4 nitrogen and oxygen atoms in total. The first-order valence-electron chi connectivity index (χ1n) is 4.83. The first kappa shape index (κ1) is 9.62. The molecule has 80 valence electrons. The maximum atomic E-state index is 11.3. The summed E-state index contributed by atoms with van der Waals surface area (Å²) in [5, 5.41) is 5.73. The van der Waals surface area contributed by atoms with Gasteiger partial charge >= 0.3 is 5.16 Å². The molecule has 0 N–H and O–H groups in total. The highest BCUT2D eigenvalue weighted by molar-refractivity contribution is 7.90. The summed E-state index contributed by atoms with van der Waals surface area (Å²) in [5.41, 5.74) is 1.92. The summed E-state index contributed by atoms with van der Waals surface area (Å²) in [4.78, 5) is 4.07. The quantitative estimate of drug-likeness (QED) is 0.598. The first-order valence-corrected chi connectivity index (χ1v) is 6.38. The maximum Gasteiger partial charge on any atom is 0.359 e. The van der Waals surface area contributed by atoms with Gasteiger partial charge in [0.1, 0.15) is 6.26 Å². The Balaban J connectivity index is 2.40. The second-order valence-electron chi connectivity index (χ2n) is 3.53. The number of fused-ring (bicyclic) bond motifs is 3. The molecule has 2 heterocycles. The van der Waals surface area contributed by atoms with Gasteiger partial charge in [0.05, 0.1) is 17.2 Å². The molecule has 0 bridgehead atoms. The summed E-state index contributed by atoms with van der Waals surface area (Å²) in [5.74, 6) is 0. The Morgan fingerprint density at radius 3 is 2.94 bits per heavy atom. The van der Waals surface area contributed by atoms with E-state index < -0.39 is 11.2 Å². The number of aromatic nitrogens is 3. The Labute approximate surface area is 95.1 Å². The number of hydrogen-bond donors (Lipinski definition) is 0. The molecule has 0 saturated carbocycles. The molecular weight excluding hydrogens is 222 g/mol. The lowest BCUT2D eigenvalue weighted by Gasteiger charge is -2.01. The predicted molar refractivity (Wildman–Crippen MR) is 62.8 cm³/mol. The molecule has 0 saturated heterocycles. The monoisotopic (exact) mass is 231 g/mol. The third-order valence-corrected chi connectivity index (χ3v) is 3.16. The van der Waals surface area contributed by atoms with Crippen LogP contribution in [0.4, 0.5) is 0 Å². The van der Waals surface area contributed by atoms with Crippen molar-refractivity contribution in [3.05, 3.63) is 36.5 Å². The van der Waals surface area contributed by atoms with E-state index in [0.717, 1.165) is 16.4 Å². The van der Waals surface area contributed by atoms with Gasteiger partial charge < -0.3 is 4.55 Å². The summed E-state index contributed by atoms with van der Waals surface area (Å²) < 4.78 is 13.1. The zero-order valence-corrected chi connectivity index (χ0v) is 9.44. The van der Waals surface area contributed by atoms with E-state index in [-0.39, 0.29) is 0 Å². The van der Waals surface area contributed by atoms with Crippen LogP contribution in [-0.2, 0) is 11.2 Å². The zero-order chi connectivity index (χ0) is 11.1. The number of rotatable bonds is 1. The standard InChI is InChI=1S/C11H9N3OS/c1-16(15)11-12-7-9-6-8-4-2-3-5-10(8)14(9)13-11/h2-7H,1H3. The van der Waals surface area contributed by atoms with Crippen LogP contribution in [0.5, 0.6) is 0 Å². The van der Waals surface area contributed by atoms with Crippen LogP contribution >= 0.6 is 0 Å². The fraction of sp³-hybridized carbons (Fsp3) is 0.0909. The highest BCUT2D eigenvalue weighted by atomic mass is 32.2. The Kier molecular flexibility index (Phi) is 2.08. The molecule has 0 fully saturated rings. The smallest absolute Gasteiger partial charge is 0.359 e. The lowest BCUT2D eigenvalue weighted by atomic mass is 10.2. The average molecular weight is 231 g/mol. The molecule has 5 heteroatoms. The highest BCUT2D eigenvalue weighted by Gasteiger charge is 2.11. The Hall–Kier alpha value is -1.59. The summed E-state index contributed by atoms with van der Waals surface area (Å²) in [6.45, 7) is 0. The molecule has 1 aromatic carbocycles. The lowest BCUT2D eigenvalue weighted by molar-refractivity contribution is 0.587. The number of hydrogen-bond acceptors (Lipinski definition) is 3. The van der Waals surface area contributed by atoms with Gasteiger partial charge in [-0.25, -0.2) is 4.52 Å².